The molecule has 3 amide bonds. The van der Waals surface area contributed by atoms with Gasteiger partial charge in [-0.2, -0.15) is 0 Å². The molecule has 1 N–H and O–H groups in total. The number of nitrogens with one attached hydrogen (secondary N) is 1. The minimum absolute atomic E-state index is 0.104. The third-order valence-electron chi connectivity index (χ3n) is 4.11. The first-order chi connectivity index (χ1) is 9.83. The molecule has 1 aromatic rings. The maximum atomic E-state index is 12.7. The number of hydrogen-bond donors (Lipinski definition) is 1. The highest BCUT2D eigenvalue weighted by Crippen LogP contribution is 2.41. The van der Waals surface area contributed by atoms with Crippen LogP contribution >= 0.6 is 0 Å². The molecule has 0 radical (unpaired) electrons. The van der Waals surface area contributed by atoms with Crippen molar-refractivity contribution in [2.24, 2.45) is 0 Å². The second-order valence-corrected chi connectivity index (χ2v) is 7.84. The van der Waals surface area contributed by atoms with Gasteiger partial charge in [0.05, 0.1) is 5.75 Å². The second-order valence-electron chi connectivity index (χ2n) is 5.58. The average molecular weight is 308 g/mol. The predicted octanol–water partition coefficient (Wildman–Crippen LogP) is 0.424. The first kappa shape index (κ1) is 14.1. The van der Waals surface area contributed by atoms with E-state index in [4.69, 9.17) is 0 Å². The van der Waals surface area contributed by atoms with Crippen LogP contribution in [-0.2, 0) is 26.6 Å². The van der Waals surface area contributed by atoms with Crippen LogP contribution in [0.3, 0.4) is 0 Å². The molecule has 2 aliphatic rings. The lowest BCUT2D eigenvalue weighted by Gasteiger charge is -2.22. The van der Waals surface area contributed by atoms with Crippen molar-refractivity contribution in [2.45, 2.75) is 18.4 Å². The molecule has 112 valence electrons. The molecule has 1 spiro atoms. The fraction of sp³-hybridized carbons (Fsp3) is 0.429. The Morgan fingerprint density at radius 3 is 2.71 bits per heavy atom. The van der Waals surface area contributed by atoms with Crippen molar-refractivity contribution >= 4 is 21.8 Å². The normalized spacial score (nSPS) is 24.5. The van der Waals surface area contributed by atoms with E-state index < -0.39 is 21.4 Å². The molecule has 7 heteroatoms. The van der Waals surface area contributed by atoms with Gasteiger partial charge in [-0.3, -0.25) is 9.69 Å². The van der Waals surface area contributed by atoms with Crippen molar-refractivity contribution < 1.29 is 18.0 Å². The van der Waals surface area contributed by atoms with E-state index >= 15 is 0 Å². The van der Waals surface area contributed by atoms with E-state index in [-0.39, 0.29) is 18.2 Å². The summed E-state index contributed by atoms with van der Waals surface area (Å²) in [6.07, 6.45) is 2.33. The van der Waals surface area contributed by atoms with Gasteiger partial charge in [-0.05, 0) is 24.0 Å². The maximum absolute atomic E-state index is 12.7. The Labute approximate surface area is 123 Å². The average Bonchev–Trinajstić information content (AvgIpc) is 2.88. The number of carbonyl (C=O) groups is 2. The highest BCUT2D eigenvalue weighted by molar-refractivity contribution is 7.90. The van der Waals surface area contributed by atoms with Gasteiger partial charge in [-0.25, -0.2) is 13.2 Å². The van der Waals surface area contributed by atoms with E-state index in [9.17, 15) is 18.0 Å². The number of nitrogens with zero attached hydrogens (tertiary/aromatic N) is 1. The number of benzene rings is 1. The van der Waals surface area contributed by atoms with E-state index in [2.05, 4.69) is 5.32 Å². The zero-order chi connectivity index (χ0) is 15.3. The molecule has 1 heterocycles. The molecule has 0 aromatic heterocycles. The van der Waals surface area contributed by atoms with Crippen LogP contribution in [0.5, 0.6) is 0 Å². The van der Waals surface area contributed by atoms with Gasteiger partial charge < -0.3 is 5.32 Å². The quantitative estimate of drug-likeness (QED) is 0.821. The number of sulfone groups is 1. The molecule has 1 atom stereocenters. The van der Waals surface area contributed by atoms with Crippen LogP contribution in [0.15, 0.2) is 24.3 Å². The Kier molecular flexibility index (Phi) is 3.05. The maximum Gasteiger partial charge on any atom is 0.325 e. The molecule has 6 nitrogen and oxygen atoms in total. The van der Waals surface area contributed by atoms with Crippen LogP contribution in [-0.4, -0.2) is 43.8 Å². The van der Waals surface area contributed by atoms with E-state index in [0.29, 0.717) is 6.42 Å². The van der Waals surface area contributed by atoms with Crippen LogP contribution < -0.4 is 5.32 Å². The van der Waals surface area contributed by atoms with E-state index in [1.807, 2.05) is 24.3 Å². The largest absolute Gasteiger partial charge is 0.325 e. The van der Waals surface area contributed by atoms with Gasteiger partial charge in [0.25, 0.3) is 5.91 Å². The molecule has 1 saturated heterocycles. The Balaban J connectivity index is 1.91. The van der Waals surface area contributed by atoms with E-state index in [0.717, 1.165) is 28.7 Å². The zero-order valence-corrected chi connectivity index (χ0v) is 12.4. The Morgan fingerprint density at radius 1 is 1.29 bits per heavy atom. The van der Waals surface area contributed by atoms with Gasteiger partial charge in [-0.1, -0.05) is 24.3 Å². The highest BCUT2D eigenvalue weighted by atomic mass is 32.2. The van der Waals surface area contributed by atoms with Gasteiger partial charge in [-0.15, -0.1) is 0 Å². The van der Waals surface area contributed by atoms with Crippen LogP contribution in [0.25, 0.3) is 0 Å². The molecule has 1 aromatic carbocycles. The van der Waals surface area contributed by atoms with Gasteiger partial charge in [0.1, 0.15) is 15.4 Å². The number of hydrogen-bond acceptors (Lipinski definition) is 4. The fourth-order valence-electron chi connectivity index (χ4n) is 3.05. The van der Waals surface area contributed by atoms with Gasteiger partial charge >= 0.3 is 6.03 Å². The first-order valence-electron chi connectivity index (χ1n) is 6.74. The number of amides is 3. The third kappa shape index (κ3) is 2.21. The number of rotatable bonds is 3. The molecule has 0 unspecified atom stereocenters. The van der Waals surface area contributed by atoms with Crippen molar-refractivity contribution in [3.05, 3.63) is 35.4 Å². The fourth-order valence-corrected chi connectivity index (χ4v) is 3.56. The van der Waals surface area contributed by atoms with Crippen molar-refractivity contribution in [1.82, 2.24) is 10.2 Å². The van der Waals surface area contributed by atoms with E-state index in [1.165, 1.54) is 0 Å². The number of fused-ring (bicyclic) bond motifs is 2. The smallest absolute Gasteiger partial charge is 0.319 e. The molecule has 3 rings (SSSR count). The molecule has 1 fully saturated rings. The van der Waals surface area contributed by atoms with Crippen LogP contribution in [0.2, 0.25) is 0 Å². The summed E-state index contributed by atoms with van der Waals surface area (Å²) in [6, 6.07) is 7.02. The summed E-state index contributed by atoms with van der Waals surface area (Å²) in [5.41, 5.74) is 0.867. The van der Waals surface area contributed by atoms with Crippen molar-refractivity contribution in [3.63, 3.8) is 0 Å². The number of aryl methyl sites for hydroxylation is 1. The van der Waals surface area contributed by atoms with Gasteiger partial charge in [0.15, 0.2) is 0 Å². The number of carbonyl (C=O) groups excluding carboxylic acids is 2. The third-order valence-corrected chi connectivity index (χ3v) is 5.03. The molecule has 0 bridgehead atoms. The van der Waals surface area contributed by atoms with Gasteiger partial charge in [0.2, 0.25) is 0 Å². The lowest BCUT2D eigenvalue weighted by Crippen LogP contribution is -2.42. The van der Waals surface area contributed by atoms with Crippen molar-refractivity contribution in [3.8, 4) is 0 Å². The first-order valence-corrected chi connectivity index (χ1v) is 8.80. The molecule has 0 saturated carbocycles. The summed E-state index contributed by atoms with van der Waals surface area (Å²) in [5.74, 6) is -0.565. The Morgan fingerprint density at radius 2 is 2.00 bits per heavy atom. The predicted molar refractivity (Wildman–Crippen MR) is 76.4 cm³/mol. The standard InChI is InChI=1S/C14H16N2O4S/c1-21(19,20)9-8-16-12(17)14(15-13(16)18)7-6-10-4-2-3-5-11(10)14/h2-5H,6-9H2,1H3,(H,15,18)/t14-/m1/s1. The van der Waals surface area contributed by atoms with Crippen molar-refractivity contribution in [2.75, 3.05) is 18.6 Å². The number of urea groups is 1. The SMILES string of the molecule is CS(=O)(=O)CCN1C(=O)N[C@@]2(CCc3ccccc32)C1=O. The molecular weight excluding hydrogens is 292 g/mol. The van der Waals surface area contributed by atoms with Crippen LogP contribution in [0.4, 0.5) is 4.79 Å². The minimum atomic E-state index is -3.23. The lowest BCUT2D eigenvalue weighted by atomic mass is 9.92. The summed E-state index contributed by atoms with van der Waals surface area (Å²) < 4.78 is 22.5. The van der Waals surface area contributed by atoms with Crippen molar-refractivity contribution in [1.29, 1.82) is 0 Å². The Bertz CT molecular complexity index is 728. The van der Waals surface area contributed by atoms with Crippen LogP contribution in [0, 0.1) is 0 Å². The summed E-state index contributed by atoms with van der Waals surface area (Å²) in [7, 11) is -3.23. The molecule has 21 heavy (non-hydrogen) atoms. The summed E-state index contributed by atoms with van der Waals surface area (Å²) in [4.78, 5) is 25.8. The van der Waals surface area contributed by atoms with E-state index in [1.54, 1.807) is 0 Å². The zero-order valence-electron chi connectivity index (χ0n) is 11.6. The minimum Gasteiger partial charge on any atom is -0.319 e. The molecule has 1 aliphatic heterocycles. The highest BCUT2D eigenvalue weighted by Gasteiger charge is 2.55. The second kappa shape index (κ2) is 4.56. The van der Waals surface area contributed by atoms with Gasteiger partial charge in [0, 0.05) is 12.8 Å². The monoisotopic (exact) mass is 308 g/mol. The summed E-state index contributed by atoms with van der Waals surface area (Å²) in [6.45, 7) is -0.104. The lowest BCUT2D eigenvalue weighted by molar-refractivity contribution is -0.131. The molecule has 1 aliphatic carbocycles. The molecular formula is C14H16N2O4S. The summed E-state index contributed by atoms with van der Waals surface area (Å²) in [5, 5.41) is 2.76. The Hall–Kier alpha value is -1.89. The summed E-state index contributed by atoms with van der Waals surface area (Å²) >= 11 is 0. The number of imide groups is 1. The topological polar surface area (TPSA) is 83.6 Å². The van der Waals surface area contributed by atoms with Crippen LogP contribution in [0.1, 0.15) is 17.5 Å².